The summed E-state index contributed by atoms with van der Waals surface area (Å²) in [7, 11) is 2.81. The summed E-state index contributed by atoms with van der Waals surface area (Å²) in [5.41, 5.74) is -1.03. The lowest BCUT2D eigenvalue weighted by atomic mass is 10.2. The van der Waals surface area contributed by atoms with Crippen LogP contribution < -0.4 is 10.9 Å². The van der Waals surface area contributed by atoms with Crippen LogP contribution in [0.3, 0.4) is 0 Å². The number of pyridine rings is 1. The molecule has 0 atom stereocenters. The highest BCUT2D eigenvalue weighted by atomic mass is 16.7. The van der Waals surface area contributed by atoms with Crippen molar-refractivity contribution in [2.45, 2.75) is 51.7 Å². The van der Waals surface area contributed by atoms with Crippen molar-refractivity contribution in [2.24, 2.45) is 0 Å². The van der Waals surface area contributed by atoms with Crippen molar-refractivity contribution in [1.82, 2.24) is 9.63 Å². The number of hydroxylamine groups is 2. The summed E-state index contributed by atoms with van der Waals surface area (Å²) in [5.74, 6) is -0.480. The molecule has 0 aromatic carbocycles. The Kier molecular flexibility index (Phi) is 4.94. The Labute approximate surface area is 146 Å². The zero-order chi connectivity index (χ0) is 19.0. The summed E-state index contributed by atoms with van der Waals surface area (Å²) in [6, 6.07) is 1.24. The van der Waals surface area contributed by atoms with Crippen molar-refractivity contribution < 1.29 is 19.2 Å². The summed E-state index contributed by atoms with van der Waals surface area (Å²) >= 11 is 0. The first kappa shape index (κ1) is 19.0. The maximum atomic E-state index is 12.6. The minimum atomic E-state index is -0.739. The molecule has 138 valence electrons. The molecule has 1 heterocycles. The van der Waals surface area contributed by atoms with Crippen molar-refractivity contribution in [1.29, 1.82) is 0 Å². The minimum absolute atomic E-state index is 0.0913. The van der Waals surface area contributed by atoms with Gasteiger partial charge in [0.25, 0.3) is 11.5 Å². The first-order chi connectivity index (χ1) is 11.5. The summed E-state index contributed by atoms with van der Waals surface area (Å²) in [5, 5.41) is 3.52. The number of amides is 2. The fraction of sp³-hybridized carbons (Fsp3) is 0.588. The summed E-state index contributed by atoms with van der Waals surface area (Å²) < 4.78 is 6.73. The van der Waals surface area contributed by atoms with Crippen LogP contribution in [-0.2, 0) is 15.1 Å². The van der Waals surface area contributed by atoms with Crippen LogP contribution in [0, 0.1) is 0 Å². The van der Waals surface area contributed by atoms with Gasteiger partial charge >= 0.3 is 6.09 Å². The molecule has 0 radical (unpaired) electrons. The van der Waals surface area contributed by atoms with Crippen LogP contribution in [0.4, 0.5) is 10.5 Å². The Bertz CT molecular complexity index is 744. The average Bonchev–Trinajstić information content (AvgIpc) is 3.22. The van der Waals surface area contributed by atoms with Gasteiger partial charge < -0.3 is 9.30 Å². The van der Waals surface area contributed by atoms with Gasteiger partial charge in [0.05, 0.1) is 18.4 Å². The zero-order valence-electron chi connectivity index (χ0n) is 15.5. The zero-order valence-corrected chi connectivity index (χ0v) is 15.5. The predicted octanol–water partition coefficient (Wildman–Crippen LogP) is 2.34. The molecule has 25 heavy (non-hydrogen) atoms. The van der Waals surface area contributed by atoms with E-state index < -0.39 is 17.6 Å². The molecule has 2 amide bonds. The molecule has 8 heteroatoms. The molecule has 0 spiro atoms. The van der Waals surface area contributed by atoms with Crippen molar-refractivity contribution in [2.75, 3.05) is 19.5 Å². The molecule has 0 unspecified atom stereocenters. The maximum absolute atomic E-state index is 12.6. The van der Waals surface area contributed by atoms with E-state index in [9.17, 15) is 14.4 Å². The molecule has 2 rings (SSSR count). The Morgan fingerprint density at radius 3 is 2.40 bits per heavy atom. The highest BCUT2D eigenvalue weighted by molar-refractivity contribution is 6.01. The third-order valence-corrected chi connectivity index (χ3v) is 4.03. The van der Waals surface area contributed by atoms with E-state index >= 15 is 0 Å². The summed E-state index contributed by atoms with van der Waals surface area (Å²) in [4.78, 5) is 42.0. The topological polar surface area (TPSA) is 89.9 Å². The number of hydrogen-bond donors (Lipinski definition) is 1. The van der Waals surface area contributed by atoms with Crippen LogP contribution in [0.5, 0.6) is 0 Å². The molecule has 1 aliphatic rings. The fourth-order valence-corrected chi connectivity index (χ4v) is 2.32. The van der Waals surface area contributed by atoms with Gasteiger partial charge in [-0.2, -0.15) is 0 Å². The molecule has 1 fully saturated rings. The van der Waals surface area contributed by atoms with Gasteiger partial charge in [0.1, 0.15) is 5.60 Å². The quantitative estimate of drug-likeness (QED) is 0.841. The number of rotatable bonds is 4. The van der Waals surface area contributed by atoms with Crippen LogP contribution in [0.2, 0.25) is 0 Å². The smallest absolute Gasteiger partial charge is 0.412 e. The normalized spacial score (nSPS) is 15.4. The molecule has 0 bridgehead atoms. The first-order valence-electron chi connectivity index (χ1n) is 8.06. The second kappa shape index (κ2) is 6.51. The summed E-state index contributed by atoms with van der Waals surface area (Å²) in [6.45, 7) is 7.12. The van der Waals surface area contributed by atoms with Crippen LogP contribution >= 0.6 is 0 Å². The molecule has 0 aliphatic heterocycles. The SMILES string of the molecule is CON(C)C(=O)c1cn(C2(C)CC2)c(=O)cc1NC(=O)OC(C)(C)C. The van der Waals surface area contributed by atoms with Crippen LogP contribution in [0.15, 0.2) is 17.1 Å². The van der Waals surface area contributed by atoms with E-state index in [-0.39, 0.29) is 22.3 Å². The number of nitrogens with zero attached hydrogens (tertiary/aromatic N) is 2. The van der Waals surface area contributed by atoms with E-state index in [1.165, 1.54) is 31.0 Å². The standard InChI is InChI=1S/C17H25N3O5/c1-16(2,3)25-15(23)18-12-9-13(21)20(17(4)7-8-17)10-11(12)14(22)19(5)24-6/h9-10H,7-8H2,1-6H3,(H,18,23). The monoisotopic (exact) mass is 351 g/mol. The van der Waals surface area contributed by atoms with Gasteiger partial charge in [-0.05, 0) is 40.5 Å². The Morgan fingerprint density at radius 2 is 1.92 bits per heavy atom. The van der Waals surface area contributed by atoms with Crippen LogP contribution in [-0.4, -0.2) is 41.4 Å². The van der Waals surface area contributed by atoms with E-state index in [0.717, 1.165) is 17.9 Å². The van der Waals surface area contributed by atoms with Crippen LogP contribution in [0.1, 0.15) is 50.9 Å². The lowest BCUT2D eigenvalue weighted by Gasteiger charge is -2.22. The van der Waals surface area contributed by atoms with Gasteiger partial charge in [0.2, 0.25) is 0 Å². The minimum Gasteiger partial charge on any atom is -0.444 e. The molecule has 1 aromatic rings. The van der Waals surface area contributed by atoms with E-state index in [1.54, 1.807) is 20.8 Å². The Balaban J connectivity index is 2.43. The van der Waals surface area contributed by atoms with Crippen molar-refractivity contribution in [3.8, 4) is 0 Å². The third-order valence-electron chi connectivity index (χ3n) is 4.03. The van der Waals surface area contributed by atoms with Gasteiger partial charge in [-0.15, -0.1) is 0 Å². The number of ether oxygens (including phenoxy) is 1. The second-order valence-corrected chi connectivity index (χ2v) is 7.42. The predicted molar refractivity (Wildman–Crippen MR) is 92.5 cm³/mol. The van der Waals surface area contributed by atoms with E-state index in [4.69, 9.17) is 9.57 Å². The largest absolute Gasteiger partial charge is 0.444 e. The van der Waals surface area contributed by atoms with Crippen molar-refractivity contribution in [3.63, 3.8) is 0 Å². The fourth-order valence-electron chi connectivity index (χ4n) is 2.32. The second-order valence-electron chi connectivity index (χ2n) is 7.42. The van der Waals surface area contributed by atoms with Gasteiger partial charge in [0.15, 0.2) is 0 Å². The van der Waals surface area contributed by atoms with E-state index in [0.29, 0.717) is 0 Å². The molecular formula is C17H25N3O5. The van der Waals surface area contributed by atoms with Gasteiger partial charge in [0, 0.05) is 24.8 Å². The van der Waals surface area contributed by atoms with E-state index in [2.05, 4.69) is 5.32 Å². The highest BCUT2D eigenvalue weighted by Crippen LogP contribution is 2.42. The first-order valence-corrected chi connectivity index (χ1v) is 8.06. The number of carbonyl (C=O) groups excluding carboxylic acids is 2. The highest BCUT2D eigenvalue weighted by Gasteiger charge is 2.40. The molecule has 1 saturated carbocycles. The van der Waals surface area contributed by atoms with Gasteiger partial charge in [-0.25, -0.2) is 9.86 Å². The average molecular weight is 351 g/mol. The lowest BCUT2D eigenvalue weighted by Crippen LogP contribution is -2.34. The molecule has 8 nitrogen and oxygen atoms in total. The number of hydrogen-bond acceptors (Lipinski definition) is 5. The Morgan fingerprint density at radius 1 is 1.32 bits per heavy atom. The van der Waals surface area contributed by atoms with Crippen molar-refractivity contribution in [3.05, 3.63) is 28.2 Å². The molecule has 1 aromatic heterocycles. The van der Waals surface area contributed by atoms with Gasteiger partial charge in [-0.1, -0.05) is 0 Å². The van der Waals surface area contributed by atoms with Crippen LogP contribution in [0.25, 0.3) is 0 Å². The third kappa shape index (κ3) is 4.39. The Hall–Kier alpha value is -2.35. The molecule has 1 aliphatic carbocycles. The number of aromatic nitrogens is 1. The summed E-state index contributed by atoms with van der Waals surface area (Å²) in [6.07, 6.45) is 2.45. The molecule has 1 N–H and O–H groups in total. The van der Waals surface area contributed by atoms with Gasteiger partial charge in [-0.3, -0.25) is 19.7 Å². The maximum Gasteiger partial charge on any atom is 0.412 e. The number of nitrogens with one attached hydrogen (secondary N) is 1. The number of anilines is 1. The van der Waals surface area contributed by atoms with E-state index in [1.807, 2.05) is 6.92 Å². The molecular weight excluding hydrogens is 326 g/mol. The molecule has 0 saturated heterocycles. The number of carbonyl (C=O) groups is 2. The van der Waals surface area contributed by atoms with Crippen molar-refractivity contribution >= 4 is 17.7 Å². The lowest BCUT2D eigenvalue weighted by molar-refractivity contribution is -0.0756.